The lowest BCUT2D eigenvalue weighted by Crippen LogP contribution is -2.60. The van der Waals surface area contributed by atoms with Crippen LogP contribution in [0, 0.1) is 5.92 Å². The monoisotopic (exact) mass is 538 g/mol. The number of carbonyl (C=O) groups excluding carboxylic acids is 1. The Kier molecular flexibility index (Phi) is 6.09. The molecule has 2 bridgehead atoms. The molecule has 0 saturated carbocycles. The second-order valence-corrected chi connectivity index (χ2v) is 11.6. The van der Waals surface area contributed by atoms with Crippen LogP contribution >= 0.6 is 0 Å². The number of ether oxygens (including phenoxy) is 2. The Morgan fingerprint density at radius 3 is 2.70 bits per heavy atom. The number of nitrogens with zero attached hydrogens (tertiary/aromatic N) is 1. The third-order valence-electron chi connectivity index (χ3n) is 9.44. The van der Waals surface area contributed by atoms with Crippen LogP contribution in [0.15, 0.2) is 66.7 Å². The predicted octanol–water partition coefficient (Wildman–Crippen LogP) is 4.20. The van der Waals surface area contributed by atoms with E-state index in [2.05, 4.69) is 47.6 Å². The summed E-state index contributed by atoms with van der Waals surface area (Å²) in [6.45, 7) is 1.62. The van der Waals surface area contributed by atoms with E-state index in [0.717, 1.165) is 58.7 Å². The minimum atomic E-state index is -0.542. The maximum absolute atomic E-state index is 13.3. The van der Waals surface area contributed by atoms with Gasteiger partial charge >= 0.3 is 0 Å². The van der Waals surface area contributed by atoms with Crippen LogP contribution in [-0.2, 0) is 18.3 Å². The zero-order valence-corrected chi connectivity index (χ0v) is 22.6. The summed E-state index contributed by atoms with van der Waals surface area (Å²) in [6, 6.07) is 18.3. The zero-order chi connectivity index (χ0) is 27.4. The fourth-order valence-electron chi connectivity index (χ4n) is 7.39. The summed E-state index contributed by atoms with van der Waals surface area (Å²) >= 11 is 0. The molecule has 7 nitrogen and oxygen atoms in total. The standard InChI is InChI=1S/C33H34N2O5/c1-35-15-13-33-18-24(36)8-10-26(33)27(35)16-23-6-9-25(31(37)30(23)33)32(38)34-14-12-20-2-4-21(5-3-20)22-7-11-28-29(17-22)40-19-39-28/h2-11,17,24,26-27,36-37H,12-16,18-19H2,1H3,(H,34,38)/t24-,26-,27+,33-/m0/s1. The normalized spacial score (nSPS) is 26.2. The molecule has 7 heteroatoms. The number of hydrogen-bond donors (Lipinski definition) is 3. The number of aliphatic hydroxyl groups excluding tert-OH is 1. The van der Waals surface area contributed by atoms with Gasteiger partial charge < -0.3 is 29.9 Å². The number of aromatic hydroxyl groups is 1. The highest BCUT2D eigenvalue weighted by Crippen LogP contribution is 2.56. The fourth-order valence-corrected chi connectivity index (χ4v) is 7.39. The average molecular weight is 539 g/mol. The summed E-state index contributed by atoms with van der Waals surface area (Å²) in [5.74, 6) is 1.55. The van der Waals surface area contributed by atoms with Crippen LogP contribution in [0.5, 0.6) is 17.2 Å². The number of phenolic OH excluding ortho intramolecular Hbond substituents is 1. The van der Waals surface area contributed by atoms with Crippen LogP contribution in [0.2, 0.25) is 0 Å². The van der Waals surface area contributed by atoms with Crippen LogP contribution in [-0.4, -0.2) is 60.1 Å². The van der Waals surface area contributed by atoms with Crippen LogP contribution in [0.3, 0.4) is 0 Å². The van der Waals surface area contributed by atoms with Crippen molar-refractivity contribution in [2.75, 3.05) is 26.9 Å². The Morgan fingerprint density at radius 1 is 1.05 bits per heavy atom. The number of phenols is 1. The summed E-state index contributed by atoms with van der Waals surface area (Å²) in [5.41, 5.74) is 5.18. The molecular formula is C33H34N2O5. The van der Waals surface area contributed by atoms with E-state index >= 15 is 0 Å². The number of hydrogen-bond acceptors (Lipinski definition) is 6. The summed E-state index contributed by atoms with van der Waals surface area (Å²) in [6.07, 6.45) is 6.43. The van der Waals surface area contributed by atoms with Gasteiger partial charge in [-0.3, -0.25) is 4.79 Å². The maximum Gasteiger partial charge on any atom is 0.255 e. The summed E-state index contributed by atoms with van der Waals surface area (Å²) < 4.78 is 10.9. The van der Waals surface area contributed by atoms with Crippen LogP contribution < -0.4 is 14.8 Å². The topological polar surface area (TPSA) is 91.3 Å². The molecular weight excluding hydrogens is 504 g/mol. The van der Waals surface area contributed by atoms with Crippen molar-refractivity contribution in [2.24, 2.45) is 5.92 Å². The quantitative estimate of drug-likeness (QED) is 0.422. The number of nitrogens with one attached hydrogen (secondary N) is 1. The molecule has 3 aromatic rings. The van der Waals surface area contributed by atoms with Gasteiger partial charge in [-0.05, 0) is 79.7 Å². The first-order valence-electron chi connectivity index (χ1n) is 14.1. The van der Waals surface area contributed by atoms with E-state index in [0.29, 0.717) is 31.0 Å². The second-order valence-electron chi connectivity index (χ2n) is 11.6. The highest BCUT2D eigenvalue weighted by atomic mass is 16.7. The second kappa shape index (κ2) is 9.68. The lowest BCUT2D eigenvalue weighted by molar-refractivity contribution is 0.0195. The third kappa shape index (κ3) is 4.07. The smallest absolute Gasteiger partial charge is 0.255 e. The van der Waals surface area contributed by atoms with Crippen molar-refractivity contribution in [3.05, 3.63) is 89.0 Å². The number of likely N-dealkylation sites (tertiary alicyclic amines) is 1. The van der Waals surface area contributed by atoms with Gasteiger partial charge in [0.05, 0.1) is 11.7 Å². The van der Waals surface area contributed by atoms with Crippen LogP contribution in [0.25, 0.3) is 11.1 Å². The van der Waals surface area contributed by atoms with E-state index in [-0.39, 0.29) is 29.8 Å². The number of amides is 1. The maximum atomic E-state index is 13.3. The summed E-state index contributed by atoms with van der Waals surface area (Å²) in [5, 5.41) is 25.1. The van der Waals surface area contributed by atoms with Crippen LogP contribution in [0.4, 0.5) is 0 Å². The van der Waals surface area contributed by atoms with Gasteiger partial charge in [-0.2, -0.15) is 0 Å². The number of fused-ring (bicyclic) bond motifs is 2. The minimum Gasteiger partial charge on any atom is -0.507 e. The largest absolute Gasteiger partial charge is 0.507 e. The SMILES string of the molecule is CN1CC[C@]23C[C@@H](O)C=C[C@H]2[C@H]1Cc1ccc(C(=O)NCCc2ccc(-c4ccc5c(c4)OCO5)cc2)c(O)c13. The first kappa shape index (κ1) is 25.2. The molecule has 2 heterocycles. The Morgan fingerprint density at radius 2 is 1.85 bits per heavy atom. The highest BCUT2D eigenvalue weighted by molar-refractivity contribution is 5.97. The third-order valence-corrected chi connectivity index (χ3v) is 9.44. The Hall–Kier alpha value is -3.81. The average Bonchev–Trinajstić information content (AvgIpc) is 3.43. The molecule has 4 atom stereocenters. The van der Waals surface area contributed by atoms with Crippen molar-refractivity contribution in [3.8, 4) is 28.4 Å². The van der Waals surface area contributed by atoms with Gasteiger partial charge in [0.25, 0.3) is 5.91 Å². The number of aliphatic hydroxyl groups is 1. The van der Waals surface area contributed by atoms with Gasteiger partial charge in [0.15, 0.2) is 11.5 Å². The van der Waals surface area contributed by atoms with Gasteiger partial charge in [0.1, 0.15) is 5.75 Å². The van der Waals surface area contributed by atoms with E-state index in [9.17, 15) is 15.0 Å². The van der Waals surface area contributed by atoms with Crippen molar-refractivity contribution in [3.63, 3.8) is 0 Å². The molecule has 0 unspecified atom stereocenters. The molecule has 7 rings (SSSR count). The number of carbonyl (C=O) groups is 1. The van der Waals surface area contributed by atoms with E-state index < -0.39 is 6.10 Å². The molecule has 1 amide bonds. The molecule has 206 valence electrons. The first-order valence-corrected chi connectivity index (χ1v) is 14.1. The molecule has 3 aromatic carbocycles. The molecule has 1 fully saturated rings. The van der Waals surface area contributed by atoms with Crippen LogP contribution in [0.1, 0.15) is 39.9 Å². The molecule has 3 N–H and O–H groups in total. The molecule has 0 aromatic heterocycles. The van der Waals surface area contributed by atoms with Gasteiger partial charge in [-0.1, -0.05) is 48.6 Å². The fraction of sp³-hybridized carbons (Fsp3) is 0.364. The van der Waals surface area contributed by atoms with E-state index in [1.807, 2.05) is 30.3 Å². The molecule has 0 radical (unpaired) electrons. The summed E-state index contributed by atoms with van der Waals surface area (Å²) in [4.78, 5) is 15.7. The van der Waals surface area contributed by atoms with E-state index in [4.69, 9.17) is 9.47 Å². The number of likely N-dealkylation sites (N-methyl/N-ethyl adjacent to an activating group) is 1. The lowest BCUT2D eigenvalue weighted by Gasteiger charge is -2.57. The van der Waals surface area contributed by atoms with Gasteiger partial charge in [0, 0.05) is 29.5 Å². The number of piperidine rings is 1. The highest BCUT2D eigenvalue weighted by Gasteiger charge is 2.54. The van der Waals surface area contributed by atoms with Gasteiger partial charge in [-0.15, -0.1) is 0 Å². The van der Waals surface area contributed by atoms with Gasteiger partial charge in [0.2, 0.25) is 6.79 Å². The molecule has 4 aliphatic rings. The van der Waals surface area contributed by atoms with Crippen molar-refractivity contribution in [1.29, 1.82) is 0 Å². The summed E-state index contributed by atoms with van der Waals surface area (Å²) in [7, 11) is 2.16. The zero-order valence-electron chi connectivity index (χ0n) is 22.6. The van der Waals surface area contributed by atoms with E-state index in [1.54, 1.807) is 6.07 Å². The Bertz CT molecular complexity index is 1500. The minimum absolute atomic E-state index is 0.0820. The van der Waals surface area contributed by atoms with Crippen molar-refractivity contribution in [1.82, 2.24) is 10.2 Å². The molecule has 1 saturated heterocycles. The Balaban J connectivity index is 1.06. The molecule has 2 aliphatic heterocycles. The first-order chi connectivity index (χ1) is 19.4. The molecule has 0 spiro atoms. The van der Waals surface area contributed by atoms with Gasteiger partial charge in [-0.25, -0.2) is 0 Å². The molecule has 2 aliphatic carbocycles. The van der Waals surface area contributed by atoms with Crippen molar-refractivity contribution < 1.29 is 24.5 Å². The van der Waals surface area contributed by atoms with E-state index in [1.165, 1.54) is 0 Å². The van der Waals surface area contributed by atoms with Crippen molar-refractivity contribution in [2.45, 2.75) is 43.2 Å². The predicted molar refractivity (Wildman–Crippen MR) is 152 cm³/mol. The number of benzene rings is 3. The van der Waals surface area contributed by atoms with Crippen molar-refractivity contribution >= 4 is 5.91 Å². The lowest BCUT2D eigenvalue weighted by atomic mass is 9.53. The number of rotatable bonds is 5. The Labute approximate surface area is 234 Å². The molecule has 40 heavy (non-hydrogen) atoms.